The molecule has 1 aromatic carbocycles. The first-order valence-corrected chi connectivity index (χ1v) is 7.00. The second-order valence-electron chi connectivity index (χ2n) is 3.91. The molecule has 1 atom stereocenters. The molecule has 1 unspecified atom stereocenters. The van der Waals surface area contributed by atoms with E-state index in [-0.39, 0.29) is 12.0 Å². The molecule has 0 saturated heterocycles. The molecule has 0 saturated carbocycles. The average molecular weight is 305 g/mol. The summed E-state index contributed by atoms with van der Waals surface area (Å²) in [4.78, 5) is 0. The van der Waals surface area contributed by atoms with Crippen LogP contribution in [0.2, 0.25) is 0 Å². The first-order valence-electron chi connectivity index (χ1n) is 5.60. The third kappa shape index (κ3) is 14.4. The molecule has 6 N–H and O–H groups in total. The number of hydrogen-bond acceptors (Lipinski definition) is 4. The minimum Gasteiger partial charge on any atom is -0.375 e. The van der Waals surface area contributed by atoms with Crippen LogP contribution in [0.15, 0.2) is 30.3 Å². The van der Waals surface area contributed by atoms with Crippen LogP contribution in [-0.4, -0.2) is 36.1 Å². The summed E-state index contributed by atoms with van der Waals surface area (Å²) in [6.45, 7) is 3.05. The van der Waals surface area contributed by atoms with E-state index in [1.54, 1.807) is 0 Å². The van der Waals surface area contributed by atoms with Crippen molar-refractivity contribution in [1.29, 1.82) is 5.41 Å². The summed E-state index contributed by atoms with van der Waals surface area (Å²) in [6, 6.07) is 10.0. The standard InChI is InChI=1S/C11H17N3O.H2O4S/c1-9(14-11(12)13)7-15-8-10-5-3-2-4-6-10;1-5(2,3)4/h2-6,9H,7-8H2,1H3,(H4,12,13,14);(H2,1,2,3,4). The molecule has 20 heavy (non-hydrogen) atoms. The zero-order valence-electron chi connectivity index (χ0n) is 11.0. The summed E-state index contributed by atoms with van der Waals surface area (Å²) in [5.41, 5.74) is 6.34. The average Bonchev–Trinajstić information content (AvgIpc) is 2.27. The Kier molecular flexibility index (Phi) is 8.48. The van der Waals surface area contributed by atoms with Crippen LogP contribution in [0.25, 0.3) is 0 Å². The summed E-state index contributed by atoms with van der Waals surface area (Å²) in [5, 5.41) is 9.80. The van der Waals surface area contributed by atoms with Crippen molar-refractivity contribution in [3.05, 3.63) is 35.9 Å². The molecule has 0 radical (unpaired) electrons. The van der Waals surface area contributed by atoms with E-state index >= 15 is 0 Å². The van der Waals surface area contributed by atoms with Gasteiger partial charge in [-0.2, -0.15) is 8.42 Å². The number of hydrogen-bond donors (Lipinski definition) is 5. The predicted molar refractivity (Wildman–Crippen MR) is 74.8 cm³/mol. The van der Waals surface area contributed by atoms with Crippen molar-refractivity contribution < 1.29 is 22.3 Å². The van der Waals surface area contributed by atoms with Gasteiger partial charge in [0, 0.05) is 6.04 Å². The van der Waals surface area contributed by atoms with Crippen LogP contribution in [0.3, 0.4) is 0 Å². The summed E-state index contributed by atoms with van der Waals surface area (Å²) in [7, 11) is -4.67. The van der Waals surface area contributed by atoms with Gasteiger partial charge in [0.25, 0.3) is 0 Å². The van der Waals surface area contributed by atoms with E-state index in [9.17, 15) is 0 Å². The molecule has 1 aromatic rings. The third-order valence-corrected chi connectivity index (χ3v) is 1.88. The number of ether oxygens (including phenoxy) is 1. The highest BCUT2D eigenvalue weighted by Crippen LogP contribution is 2.00. The van der Waals surface area contributed by atoms with Crippen LogP contribution < -0.4 is 11.1 Å². The van der Waals surface area contributed by atoms with Gasteiger partial charge in [-0.25, -0.2) is 0 Å². The summed E-state index contributed by atoms with van der Waals surface area (Å²) >= 11 is 0. The fourth-order valence-electron chi connectivity index (χ4n) is 1.23. The first-order chi connectivity index (χ1) is 9.18. The molecule has 0 aliphatic carbocycles. The Balaban J connectivity index is 0.000000621. The van der Waals surface area contributed by atoms with Gasteiger partial charge in [-0.1, -0.05) is 30.3 Å². The van der Waals surface area contributed by atoms with E-state index in [0.717, 1.165) is 5.56 Å². The Morgan fingerprint density at radius 1 is 1.40 bits per heavy atom. The van der Waals surface area contributed by atoms with Crippen molar-refractivity contribution in [3.8, 4) is 0 Å². The zero-order valence-corrected chi connectivity index (χ0v) is 11.8. The molecule has 114 valence electrons. The monoisotopic (exact) mass is 305 g/mol. The minimum atomic E-state index is -4.67. The lowest BCUT2D eigenvalue weighted by molar-refractivity contribution is 0.107. The molecule has 0 fully saturated rings. The van der Waals surface area contributed by atoms with Crippen molar-refractivity contribution in [2.45, 2.75) is 19.6 Å². The van der Waals surface area contributed by atoms with Gasteiger partial charge in [0.05, 0.1) is 13.2 Å². The predicted octanol–water partition coefficient (Wildman–Crippen LogP) is 0.422. The fourth-order valence-corrected chi connectivity index (χ4v) is 1.23. The second kappa shape index (κ2) is 9.26. The minimum absolute atomic E-state index is 0.0224. The summed E-state index contributed by atoms with van der Waals surface area (Å²) < 4.78 is 37.1. The highest BCUT2D eigenvalue weighted by Gasteiger charge is 2.01. The van der Waals surface area contributed by atoms with E-state index < -0.39 is 10.4 Å². The number of nitrogens with one attached hydrogen (secondary N) is 2. The normalized spacial score (nSPS) is 11.9. The van der Waals surface area contributed by atoms with Crippen molar-refractivity contribution in [3.63, 3.8) is 0 Å². The molecule has 0 amide bonds. The highest BCUT2D eigenvalue weighted by atomic mass is 32.3. The molecule has 1 rings (SSSR count). The topological polar surface area (TPSA) is 146 Å². The molecule has 9 heteroatoms. The largest absolute Gasteiger partial charge is 0.394 e. The van der Waals surface area contributed by atoms with Crippen LogP contribution >= 0.6 is 0 Å². The van der Waals surface area contributed by atoms with Crippen LogP contribution in [0.5, 0.6) is 0 Å². The molecule has 0 spiro atoms. The van der Waals surface area contributed by atoms with E-state index in [4.69, 9.17) is 33.4 Å². The van der Waals surface area contributed by atoms with Crippen molar-refractivity contribution >= 4 is 16.4 Å². The lowest BCUT2D eigenvalue weighted by atomic mass is 10.2. The maximum absolute atomic E-state index is 8.74. The highest BCUT2D eigenvalue weighted by molar-refractivity contribution is 7.79. The fraction of sp³-hybridized carbons (Fsp3) is 0.364. The van der Waals surface area contributed by atoms with Crippen LogP contribution in [0.1, 0.15) is 12.5 Å². The maximum atomic E-state index is 8.74. The maximum Gasteiger partial charge on any atom is 0.394 e. The Morgan fingerprint density at radius 2 is 1.90 bits per heavy atom. The molecular formula is C11H19N3O5S. The second-order valence-corrected chi connectivity index (χ2v) is 4.80. The Hall–Kier alpha value is -1.68. The molecule has 0 bridgehead atoms. The SMILES string of the molecule is CC(COCc1ccccc1)NC(=N)N.O=S(=O)(O)O. The van der Waals surface area contributed by atoms with Crippen molar-refractivity contribution in [1.82, 2.24) is 5.32 Å². The zero-order chi connectivity index (χ0) is 15.6. The third-order valence-electron chi connectivity index (χ3n) is 1.88. The van der Waals surface area contributed by atoms with Gasteiger partial charge in [0.2, 0.25) is 0 Å². The van der Waals surface area contributed by atoms with Gasteiger partial charge < -0.3 is 15.8 Å². The van der Waals surface area contributed by atoms with Crippen LogP contribution in [0.4, 0.5) is 0 Å². The summed E-state index contributed by atoms with van der Waals surface area (Å²) in [6.07, 6.45) is 0. The van der Waals surface area contributed by atoms with E-state index in [0.29, 0.717) is 13.2 Å². The lowest BCUT2D eigenvalue weighted by Crippen LogP contribution is -2.39. The lowest BCUT2D eigenvalue weighted by Gasteiger charge is -2.13. The van der Waals surface area contributed by atoms with Gasteiger partial charge in [0.15, 0.2) is 5.96 Å². The Bertz CT molecular complexity index is 484. The van der Waals surface area contributed by atoms with Crippen molar-refractivity contribution in [2.24, 2.45) is 5.73 Å². The van der Waals surface area contributed by atoms with Gasteiger partial charge in [-0.05, 0) is 12.5 Å². The van der Waals surface area contributed by atoms with Gasteiger partial charge in [-0.3, -0.25) is 14.5 Å². The van der Waals surface area contributed by atoms with Gasteiger partial charge in [-0.15, -0.1) is 0 Å². The Morgan fingerprint density at radius 3 is 2.35 bits per heavy atom. The van der Waals surface area contributed by atoms with Crippen LogP contribution in [0, 0.1) is 5.41 Å². The van der Waals surface area contributed by atoms with E-state index in [1.807, 2.05) is 37.3 Å². The van der Waals surface area contributed by atoms with Gasteiger partial charge >= 0.3 is 10.4 Å². The summed E-state index contributed by atoms with van der Waals surface area (Å²) in [5.74, 6) is -0.0224. The van der Waals surface area contributed by atoms with Crippen molar-refractivity contribution in [2.75, 3.05) is 6.61 Å². The number of guanidine groups is 1. The molecular weight excluding hydrogens is 286 g/mol. The molecule has 8 nitrogen and oxygen atoms in total. The number of benzene rings is 1. The Labute approximate surface area is 118 Å². The molecule has 0 aliphatic heterocycles. The van der Waals surface area contributed by atoms with Crippen LogP contribution in [-0.2, 0) is 21.7 Å². The van der Waals surface area contributed by atoms with E-state index in [1.165, 1.54) is 0 Å². The first kappa shape index (κ1) is 18.3. The number of rotatable bonds is 5. The quantitative estimate of drug-likeness (QED) is 0.301. The molecule has 0 heterocycles. The van der Waals surface area contributed by atoms with E-state index in [2.05, 4.69) is 5.32 Å². The molecule has 0 aromatic heterocycles. The number of nitrogens with two attached hydrogens (primary N) is 1. The molecule has 0 aliphatic rings. The smallest absolute Gasteiger partial charge is 0.375 e. The van der Waals surface area contributed by atoms with Gasteiger partial charge in [0.1, 0.15) is 0 Å².